The Morgan fingerprint density at radius 3 is 1.74 bits per heavy atom. The van der Waals surface area contributed by atoms with Gasteiger partial charge in [-0.1, -0.05) is 72.8 Å². The van der Waals surface area contributed by atoms with Crippen LogP contribution in [0.3, 0.4) is 0 Å². The van der Waals surface area contributed by atoms with Crippen LogP contribution in [0.1, 0.15) is 28.2 Å². The lowest BCUT2D eigenvalue weighted by Crippen LogP contribution is -2.32. The maximum atomic E-state index is 12.9. The van der Waals surface area contributed by atoms with Crippen molar-refractivity contribution in [2.24, 2.45) is 0 Å². The number of carbonyl (C=O) groups excluding carboxylic acids is 1. The topological polar surface area (TPSA) is 29.5 Å². The summed E-state index contributed by atoms with van der Waals surface area (Å²) in [5.41, 5.74) is 1.90. The number of rotatable bonds is 8. The molecule has 0 aliphatic rings. The number of nitrogens with zero attached hydrogens (tertiary/aromatic N) is 1. The number of hydrogen-bond acceptors (Lipinski definition) is 3. The van der Waals surface area contributed by atoms with Gasteiger partial charge < -0.3 is 4.74 Å². The van der Waals surface area contributed by atoms with Crippen molar-refractivity contribution in [1.82, 2.24) is 4.90 Å². The van der Waals surface area contributed by atoms with Crippen molar-refractivity contribution in [2.45, 2.75) is 25.2 Å². The fourth-order valence-corrected chi connectivity index (χ4v) is 3.49. The van der Waals surface area contributed by atoms with E-state index in [-0.39, 0.29) is 0 Å². The van der Waals surface area contributed by atoms with Crippen molar-refractivity contribution in [2.75, 3.05) is 13.7 Å². The molecule has 162 valence electrons. The van der Waals surface area contributed by atoms with Crippen LogP contribution in [0.5, 0.6) is 0 Å². The molecule has 0 aromatic heterocycles. The molecule has 0 heterocycles. The molecule has 0 spiro atoms. The Morgan fingerprint density at radius 2 is 1.32 bits per heavy atom. The summed E-state index contributed by atoms with van der Waals surface area (Å²) in [7, 11) is 1.29. The van der Waals surface area contributed by atoms with Gasteiger partial charge in [0.2, 0.25) is 0 Å². The van der Waals surface area contributed by atoms with E-state index in [2.05, 4.69) is 4.90 Å². The van der Waals surface area contributed by atoms with E-state index in [1.54, 1.807) is 0 Å². The molecule has 6 heteroatoms. The van der Waals surface area contributed by atoms with Crippen LogP contribution in [0.25, 0.3) is 0 Å². The zero-order chi connectivity index (χ0) is 22.3. The molecule has 0 aliphatic carbocycles. The van der Waals surface area contributed by atoms with Crippen LogP contribution in [0.15, 0.2) is 84.9 Å². The minimum atomic E-state index is -4.42. The second kappa shape index (κ2) is 10.3. The summed E-state index contributed by atoms with van der Waals surface area (Å²) in [6.45, 7) is 1.48. The van der Waals surface area contributed by atoms with Crippen LogP contribution >= 0.6 is 0 Å². The summed E-state index contributed by atoms with van der Waals surface area (Å²) in [5.74, 6) is -1.19. The molecule has 0 saturated carbocycles. The SMILES string of the molecule is COC(=O)[C@H](CN(Cc1ccccc1)Cc1ccccc1)c1ccc(C(F)(F)F)cc1. The molecule has 0 unspecified atom stereocenters. The zero-order valence-corrected chi connectivity index (χ0v) is 17.2. The molecule has 1 atom stereocenters. The van der Waals surface area contributed by atoms with Crippen molar-refractivity contribution in [3.8, 4) is 0 Å². The predicted molar refractivity (Wildman–Crippen MR) is 113 cm³/mol. The molecule has 0 saturated heterocycles. The first-order valence-electron chi connectivity index (χ1n) is 9.92. The van der Waals surface area contributed by atoms with Gasteiger partial charge in [0.1, 0.15) is 0 Å². The van der Waals surface area contributed by atoms with Crippen LogP contribution in [0.2, 0.25) is 0 Å². The van der Waals surface area contributed by atoms with Gasteiger partial charge in [0, 0.05) is 19.6 Å². The van der Waals surface area contributed by atoms with Crippen LogP contribution in [0, 0.1) is 0 Å². The van der Waals surface area contributed by atoms with E-state index in [0.717, 1.165) is 23.3 Å². The first-order valence-corrected chi connectivity index (χ1v) is 9.92. The normalized spacial score (nSPS) is 12.5. The smallest absolute Gasteiger partial charge is 0.416 e. The molecule has 31 heavy (non-hydrogen) atoms. The van der Waals surface area contributed by atoms with E-state index in [1.807, 2.05) is 60.7 Å². The molecular formula is C25H24F3NO2. The molecular weight excluding hydrogens is 403 g/mol. The van der Waals surface area contributed by atoms with Gasteiger partial charge in [0.15, 0.2) is 0 Å². The van der Waals surface area contributed by atoms with E-state index in [1.165, 1.54) is 19.2 Å². The monoisotopic (exact) mass is 427 g/mol. The van der Waals surface area contributed by atoms with Crippen LogP contribution < -0.4 is 0 Å². The summed E-state index contributed by atoms with van der Waals surface area (Å²) < 4.78 is 43.8. The highest BCUT2D eigenvalue weighted by Gasteiger charge is 2.31. The fraction of sp³-hybridized carbons (Fsp3) is 0.240. The van der Waals surface area contributed by atoms with Crippen LogP contribution in [-0.2, 0) is 28.8 Å². The first-order chi connectivity index (χ1) is 14.9. The Kier molecular flexibility index (Phi) is 7.47. The van der Waals surface area contributed by atoms with Gasteiger partial charge in [-0.05, 0) is 28.8 Å². The summed E-state index contributed by atoms with van der Waals surface area (Å²) in [6.07, 6.45) is -4.42. The Labute approximate surface area is 180 Å². The van der Waals surface area contributed by atoms with E-state index in [4.69, 9.17) is 4.74 Å². The van der Waals surface area contributed by atoms with Gasteiger partial charge in [-0.2, -0.15) is 13.2 Å². The first kappa shape index (κ1) is 22.6. The van der Waals surface area contributed by atoms with Gasteiger partial charge in [0.05, 0.1) is 18.6 Å². The molecule has 3 rings (SSSR count). The number of methoxy groups -OCH3 is 1. The molecule has 0 bridgehead atoms. The largest absolute Gasteiger partial charge is 0.469 e. The summed E-state index contributed by atoms with van der Waals surface area (Å²) in [6, 6.07) is 24.4. The van der Waals surface area contributed by atoms with E-state index >= 15 is 0 Å². The predicted octanol–water partition coefficient (Wildman–Crippen LogP) is 5.66. The second-order valence-corrected chi connectivity index (χ2v) is 7.34. The Hall–Kier alpha value is -3.12. The van der Waals surface area contributed by atoms with E-state index in [0.29, 0.717) is 25.2 Å². The lowest BCUT2D eigenvalue weighted by molar-refractivity contribution is -0.143. The number of esters is 1. The maximum Gasteiger partial charge on any atom is 0.416 e. The highest BCUT2D eigenvalue weighted by atomic mass is 19.4. The van der Waals surface area contributed by atoms with Crippen molar-refractivity contribution in [3.05, 3.63) is 107 Å². The molecule has 0 fully saturated rings. The number of ether oxygens (including phenoxy) is 1. The van der Waals surface area contributed by atoms with E-state index in [9.17, 15) is 18.0 Å². The van der Waals surface area contributed by atoms with Crippen molar-refractivity contribution in [1.29, 1.82) is 0 Å². The highest BCUT2D eigenvalue weighted by Crippen LogP contribution is 2.31. The maximum absolute atomic E-state index is 12.9. The molecule has 0 N–H and O–H groups in total. The minimum absolute atomic E-state index is 0.307. The van der Waals surface area contributed by atoms with Gasteiger partial charge in [-0.15, -0.1) is 0 Å². The molecule has 0 aliphatic heterocycles. The third-order valence-corrected chi connectivity index (χ3v) is 5.06. The summed E-state index contributed by atoms with van der Waals surface area (Å²) >= 11 is 0. The van der Waals surface area contributed by atoms with Crippen molar-refractivity contribution < 1.29 is 22.7 Å². The van der Waals surface area contributed by atoms with Crippen LogP contribution in [0.4, 0.5) is 13.2 Å². The lowest BCUT2D eigenvalue weighted by atomic mass is 9.96. The summed E-state index contributed by atoms with van der Waals surface area (Å²) in [5, 5.41) is 0. The minimum Gasteiger partial charge on any atom is -0.469 e. The number of hydrogen-bond donors (Lipinski definition) is 0. The van der Waals surface area contributed by atoms with Gasteiger partial charge in [-0.3, -0.25) is 9.69 Å². The highest BCUT2D eigenvalue weighted by molar-refractivity contribution is 5.78. The number of halogens is 3. The lowest BCUT2D eigenvalue weighted by Gasteiger charge is -2.27. The number of benzene rings is 3. The third-order valence-electron chi connectivity index (χ3n) is 5.06. The number of alkyl halides is 3. The second-order valence-electron chi connectivity index (χ2n) is 7.34. The van der Waals surface area contributed by atoms with Gasteiger partial charge >= 0.3 is 12.1 Å². The summed E-state index contributed by atoms with van der Waals surface area (Å²) in [4.78, 5) is 14.7. The van der Waals surface area contributed by atoms with Crippen LogP contribution in [-0.4, -0.2) is 24.5 Å². The molecule has 0 amide bonds. The number of carbonyl (C=O) groups is 1. The van der Waals surface area contributed by atoms with Gasteiger partial charge in [-0.25, -0.2) is 0 Å². The quantitative estimate of drug-likeness (QED) is 0.434. The van der Waals surface area contributed by atoms with E-state index < -0.39 is 23.6 Å². The molecule has 3 aromatic carbocycles. The fourth-order valence-electron chi connectivity index (χ4n) is 3.49. The molecule has 3 nitrogen and oxygen atoms in total. The average Bonchev–Trinajstić information content (AvgIpc) is 2.78. The Balaban J connectivity index is 1.87. The standard InChI is InChI=1S/C25H24F3NO2/c1-31-24(30)23(21-12-14-22(15-13-21)25(26,27)28)18-29(16-19-8-4-2-5-9-19)17-20-10-6-3-7-11-20/h2-15,23H,16-18H2,1H3/t23-/m1/s1. The Morgan fingerprint density at radius 1 is 0.839 bits per heavy atom. The van der Waals surface area contributed by atoms with Gasteiger partial charge in [0.25, 0.3) is 0 Å². The van der Waals surface area contributed by atoms with Crippen molar-refractivity contribution in [3.63, 3.8) is 0 Å². The average molecular weight is 427 g/mol. The zero-order valence-electron chi connectivity index (χ0n) is 17.2. The van der Waals surface area contributed by atoms with Crippen molar-refractivity contribution >= 4 is 5.97 Å². The Bertz CT molecular complexity index is 916. The third kappa shape index (κ3) is 6.43. The molecule has 0 radical (unpaired) electrons. The molecule has 3 aromatic rings.